The molecular weight excluding hydrogens is 256 g/mol. The Morgan fingerprint density at radius 3 is 2.35 bits per heavy atom. The Bertz CT molecular complexity index is 422. The lowest BCUT2D eigenvalue weighted by Gasteiger charge is -2.33. The molecule has 4 nitrogen and oxygen atoms in total. The van der Waals surface area contributed by atoms with Crippen molar-refractivity contribution < 1.29 is 19.8 Å². The van der Waals surface area contributed by atoms with Crippen LogP contribution in [0.4, 0.5) is 0 Å². The maximum absolute atomic E-state index is 11.7. The second-order valence-electron chi connectivity index (χ2n) is 5.44. The minimum absolute atomic E-state index is 0.365. The molecule has 1 aliphatic carbocycles. The second kappa shape index (κ2) is 7.27. The van der Waals surface area contributed by atoms with E-state index in [4.69, 9.17) is 0 Å². The summed E-state index contributed by atoms with van der Waals surface area (Å²) >= 11 is 0. The number of carboxylic acids is 2. The van der Waals surface area contributed by atoms with Crippen molar-refractivity contribution in [1.29, 1.82) is 0 Å². The SMILES string of the molecule is CCCCC1=CC(C(=O)O)C(CCCC)(C(=O)O)C=C1. The van der Waals surface area contributed by atoms with Crippen molar-refractivity contribution in [1.82, 2.24) is 0 Å². The van der Waals surface area contributed by atoms with Crippen LogP contribution in [0.3, 0.4) is 0 Å². The van der Waals surface area contributed by atoms with E-state index < -0.39 is 23.3 Å². The fraction of sp³-hybridized carbons (Fsp3) is 0.625. The van der Waals surface area contributed by atoms with Gasteiger partial charge in [-0.05, 0) is 19.3 Å². The van der Waals surface area contributed by atoms with Gasteiger partial charge in [-0.3, -0.25) is 9.59 Å². The standard InChI is InChI=1S/C16H24O4/c1-3-5-7-12-8-10-16(15(19)20,9-6-4-2)13(11-12)14(17)18/h8,10-11,13H,3-7,9H2,1-2H3,(H,17,18)(H,19,20). The first-order chi connectivity index (χ1) is 9.47. The van der Waals surface area contributed by atoms with E-state index in [9.17, 15) is 19.8 Å². The first-order valence-electron chi connectivity index (χ1n) is 7.34. The zero-order valence-corrected chi connectivity index (χ0v) is 12.3. The minimum atomic E-state index is -1.29. The van der Waals surface area contributed by atoms with E-state index in [1.54, 1.807) is 18.2 Å². The second-order valence-corrected chi connectivity index (χ2v) is 5.44. The highest BCUT2D eigenvalue weighted by atomic mass is 16.4. The predicted octanol–water partition coefficient (Wildman–Crippen LogP) is 3.63. The molecule has 2 atom stereocenters. The van der Waals surface area contributed by atoms with Gasteiger partial charge in [0, 0.05) is 0 Å². The van der Waals surface area contributed by atoms with Crippen molar-refractivity contribution >= 4 is 11.9 Å². The number of hydrogen-bond donors (Lipinski definition) is 2. The third kappa shape index (κ3) is 3.50. The Balaban J connectivity index is 3.06. The molecule has 0 fully saturated rings. The molecule has 0 aliphatic heterocycles. The van der Waals surface area contributed by atoms with E-state index in [1.165, 1.54) is 0 Å². The van der Waals surface area contributed by atoms with Crippen LogP contribution >= 0.6 is 0 Å². The largest absolute Gasteiger partial charge is 0.481 e. The molecule has 1 rings (SSSR count). The minimum Gasteiger partial charge on any atom is -0.481 e. The fourth-order valence-corrected chi connectivity index (χ4v) is 2.64. The van der Waals surface area contributed by atoms with Crippen LogP contribution in [0.25, 0.3) is 0 Å². The van der Waals surface area contributed by atoms with Crippen LogP contribution in [-0.2, 0) is 9.59 Å². The van der Waals surface area contributed by atoms with Crippen LogP contribution in [-0.4, -0.2) is 22.2 Å². The quantitative estimate of drug-likeness (QED) is 0.712. The lowest BCUT2D eigenvalue weighted by Crippen LogP contribution is -2.41. The van der Waals surface area contributed by atoms with Crippen molar-refractivity contribution in [3.8, 4) is 0 Å². The van der Waals surface area contributed by atoms with Gasteiger partial charge in [-0.15, -0.1) is 0 Å². The van der Waals surface area contributed by atoms with Crippen LogP contribution in [0, 0.1) is 11.3 Å². The average molecular weight is 280 g/mol. The number of aliphatic carboxylic acids is 2. The van der Waals surface area contributed by atoms with Gasteiger partial charge in [-0.1, -0.05) is 56.9 Å². The van der Waals surface area contributed by atoms with Gasteiger partial charge >= 0.3 is 11.9 Å². The van der Waals surface area contributed by atoms with E-state index in [2.05, 4.69) is 6.92 Å². The highest BCUT2D eigenvalue weighted by Crippen LogP contribution is 2.41. The van der Waals surface area contributed by atoms with Gasteiger partial charge in [0.05, 0.1) is 5.92 Å². The molecule has 0 radical (unpaired) electrons. The summed E-state index contributed by atoms with van der Waals surface area (Å²) in [6, 6.07) is 0. The summed E-state index contributed by atoms with van der Waals surface area (Å²) in [4.78, 5) is 23.2. The van der Waals surface area contributed by atoms with Gasteiger partial charge < -0.3 is 10.2 Å². The number of allylic oxidation sites excluding steroid dienone is 2. The Labute approximate surface area is 120 Å². The monoisotopic (exact) mass is 280 g/mol. The van der Waals surface area contributed by atoms with Gasteiger partial charge in [-0.25, -0.2) is 0 Å². The molecule has 0 bridgehead atoms. The summed E-state index contributed by atoms with van der Waals surface area (Å²) < 4.78 is 0. The number of rotatable bonds is 8. The first-order valence-corrected chi connectivity index (χ1v) is 7.34. The molecule has 0 amide bonds. The molecule has 0 aromatic carbocycles. The van der Waals surface area contributed by atoms with E-state index in [0.29, 0.717) is 12.8 Å². The molecule has 0 aromatic rings. The number of carboxylic acid groups (broad SMARTS) is 2. The summed E-state index contributed by atoms with van der Waals surface area (Å²) in [7, 11) is 0. The van der Waals surface area contributed by atoms with Gasteiger partial charge in [0.2, 0.25) is 0 Å². The summed E-state index contributed by atoms with van der Waals surface area (Å²) in [6.07, 6.45) is 9.79. The van der Waals surface area contributed by atoms with Crippen LogP contribution in [0.1, 0.15) is 52.4 Å². The summed E-state index contributed by atoms with van der Waals surface area (Å²) in [5.41, 5.74) is -0.356. The average Bonchev–Trinajstić information content (AvgIpc) is 2.42. The third-order valence-electron chi connectivity index (χ3n) is 3.96. The maximum Gasteiger partial charge on any atom is 0.314 e. The van der Waals surface area contributed by atoms with Crippen LogP contribution < -0.4 is 0 Å². The maximum atomic E-state index is 11.7. The summed E-state index contributed by atoms with van der Waals surface area (Å²) in [6.45, 7) is 4.05. The number of unbranched alkanes of at least 4 members (excludes halogenated alkanes) is 2. The smallest absolute Gasteiger partial charge is 0.314 e. The van der Waals surface area contributed by atoms with Gasteiger partial charge in [0.25, 0.3) is 0 Å². The highest BCUT2D eigenvalue weighted by Gasteiger charge is 2.47. The molecule has 20 heavy (non-hydrogen) atoms. The van der Waals surface area contributed by atoms with Crippen molar-refractivity contribution in [2.24, 2.45) is 11.3 Å². The molecule has 112 valence electrons. The summed E-state index contributed by atoms with van der Waals surface area (Å²) in [5.74, 6) is -3.06. The molecular formula is C16H24O4. The van der Waals surface area contributed by atoms with Crippen LogP contribution in [0.5, 0.6) is 0 Å². The Morgan fingerprint density at radius 1 is 1.20 bits per heavy atom. The van der Waals surface area contributed by atoms with Crippen molar-refractivity contribution in [3.05, 3.63) is 23.8 Å². The highest BCUT2D eigenvalue weighted by molar-refractivity contribution is 5.87. The Morgan fingerprint density at radius 2 is 1.85 bits per heavy atom. The molecule has 2 N–H and O–H groups in total. The van der Waals surface area contributed by atoms with Crippen molar-refractivity contribution in [2.45, 2.75) is 52.4 Å². The van der Waals surface area contributed by atoms with Crippen LogP contribution in [0.2, 0.25) is 0 Å². The molecule has 0 heterocycles. The molecule has 0 spiro atoms. The Hall–Kier alpha value is -1.58. The molecule has 4 heteroatoms. The first kappa shape index (κ1) is 16.5. The zero-order chi connectivity index (χ0) is 15.2. The number of hydrogen-bond acceptors (Lipinski definition) is 2. The van der Waals surface area contributed by atoms with Crippen molar-refractivity contribution in [3.63, 3.8) is 0 Å². The molecule has 2 unspecified atom stereocenters. The molecule has 0 aromatic heterocycles. The van der Waals surface area contributed by atoms with E-state index in [-0.39, 0.29) is 0 Å². The lowest BCUT2D eigenvalue weighted by atomic mass is 9.68. The van der Waals surface area contributed by atoms with E-state index >= 15 is 0 Å². The molecule has 0 saturated heterocycles. The van der Waals surface area contributed by atoms with E-state index in [0.717, 1.165) is 31.3 Å². The van der Waals surface area contributed by atoms with Gasteiger partial charge in [0.15, 0.2) is 0 Å². The molecule has 0 saturated carbocycles. The van der Waals surface area contributed by atoms with Crippen molar-refractivity contribution in [2.75, 3.05) is 0 Å². The topological polar surface area (TPSA) is 74.6 Å². The Kier molecular flexibility index (Phi) is 5.99. The normalized spacial score (nSPS) is 25.3. The van der Waals surface area contributed by atoms with Crippen LogP contribution in [0.15, 0.2) is 23.8 Å². The number of carbonyl (C=O) groups is 2. The summed E-state index contributed by atoms with van der Waals surface area (Å²) in [5, 5.41) is 19.0. The zero-order valence-electron chi connectivity index (χ0n) is 12.3. The predicted molar refractivity (Wildman–Crippen MR) is 77.5 cm³/mol. The molecule has 1 aliphatic rings. The lowest BCUT2D eigenvalue weighted by molar-refractivity contribution is -0.157. The fourth-order valence-electron chi connectivity index (χ4n) is 2.64. The third-order valence-corrected chi connectivity index (χ3v) is 3.96. The van der Waals surface area contributed by atoms with E-state index in [1.807, 2.05) is 6.92 Å². The van der Waals surface area contributed by atoms with Gasteiger partial charge in [-0.2, -0.15) is 0 Å². The van der Waals surface area contributed by atoms with Gasteiger partial charge in [0.1, 0.15) is 5.41 Å².